The number of nitrogens with two attached hydrogens (primary N) is 4. The summed E-state index contributed by atoms with van der Waals surface area (Å²) in [5.74, 6) is -4.65. The summed E-state index contributed by atoms with van der Waals surface area (Å²) in [6, 6.07) is 2.53. The van der Waals surface area contributed by atoms with Crippen LogP contribution in [0.25, 0.3) is 10.9 Å². The number of rotatable bonds is 17. The van der Waals surface area contributed by atoms with Crippen molar-refractivity contribution in [2.45, 2.75) is 70.1 Å². The number of carbonyl (C=O) groups excluding carboxylic acids is 4. The van der Waals surface area contributed by atoms with Crippen molar-refractivity contribution in [3.05, 3.63) is 36.0 Å². The number of H-pyrrole nitrogens is 1. The highest BCUT2D eigenvalue weighted by Crippen LogP contribution is 2.19. The summed E-state index contributed by atoms with van der Waals surface area (Å²) in [6.45, 7) is 3.74. The average Bonchev–Trinajstić information content (AvgIpc) is 3.31. The van der Waals surface area contributed by atoms with Crippen molar-refractivity contribution in [1.29, 1.82) is 0 Å². The van der Waals surface area contributed by atoms with E-state index < -0.39 is 60.2 Å². The van der Waals surface area contributed by atoms with E-state index >= 15 is 0 Å². The van der Waals surface area contributed by atoms with E-state index in [4.69, 9.17) is 22.9 Å². The van der Waals surface area contributed by atoms with Gasteiger partial charge in [-0.05, 0) is 43.2 Å². The standard InChI is InChI=1S/C27H41N9O6/c1-14(2)10-21(26(41)42)36-24(39)19(8-5-9-32-27(30)31)34-25(40)20(12-22(29)37)35-23(38)17(28)11-15-13-33-18-7-4-3-6-16(15)18/h3-4,6-7,13-14,17,19-21,33H,5,8-12,28H2,1-2H3,(H2,29,37)(H,34,40)(H,35,38)(H,36,39)(H,41,42)(H4,30,31,32). The minimum atomic E-state index is -1.44. The number of nitrogens with one attached hydrogen (secondary N) is 4. The molecular weight excluding hydrogens is 546 g/mol. The molecular formula is C27H41N9O6. The van der Waals surface area contributed by atoms with Crippen LogP contribution in [0.2, 0.25) is 0 Å². The molecule has 4 atom stereocenters. The van der Waals surface area contributed by atoms with E-state index in [1.807, 2.05) is 24.3 Å². The highest BCUT2D eigenvalue weighted by Gasteiger charge is 2.31. The quantitative estimate of drug-likeness (QED) is 0.0594. The maximum Gasteiger partial charge on any atom is 0.326 e. The van der Waals surface area contributed by atoms with Crippen LogP contribution < -0.4 is 38.9 Å². The summed E-state index contributed by atoms with van der Waals surface area (Å²) in [5, 5.41) is 17.8. The summed E-state index contributed by atoms with van der Waals surface area (Å²) in [6.07, 6.45) is 1.75. The first-order chi connectivity index (χ1) is 19.8. The van der Waals surface area contributed by atoms with Crippen molar-refractivity contribution >= 4 is 46.5 Å². The largest absolute Gasteiger partial charge is 0.480 e. The lowest BCUT2D eigenvalue weighted by Gasteiger charge is -2.25. The van der Waals surface area contributed by atoms with Gasteiger partial charge in [-0.2, -0.15) is 0 Å². The van der Waals surface area contributed by atoms with Gasteiger partial charge in [0, 0.05) is 23.6 Å². The van der Waals surface area contributed by atoms with Crippen molar-refractivity contribution in [2.75, 3.05) is 6.54 Å². The second kappa shape index (κ2) is 16.0. The van der Waals surface area contributed by atoms with Gasteiger partial charge in [0.05, 0.1) is 12.5 Å². The fourth-order valence-electron chi connectivity index (χ4n) is 4.33. The number of aliphatic carboxylic acids is 1. The number of aliphatic imine (C=N–C) groups is 1. The highest BCUT2D eigenvalue weighted by molar-refractivity contribution is 5.96. The summed E-state index contributed by atoms with van der Waals surface area (Å²) in [5.41, 5.74) is 23.8. The lowest BCUT2D eigenvalue weighted by molar-refractivity contribution is -0.143. The number of primary amides is 1. The number of para-hydroxylation sites is 1. The zero-order valence-corrected chi connectivity index (χ0v) is 23.8. The molecule has 0 bridgehead atoms. The summed E-state index contributed by atoms with van der Waals surface area (Å²) < 4.78 is 0. The van der Waals surface area contributed by atoms with Gasteiger partial charge < -0.3 is 49.0 Å². The zero-order chi connectivity index (χ0) is 31.4. The maximum atomic E-state index is 13.2. The SMILES string of the molecule is CC(C)CC(NC(=O)C(CCCN=C(N)N)NC(=O)C(CC(N)=O)NC(=O)C(N)Cc1c[nH]c2ccccc12)C(=O)O. The van der Waals surface area contributed by atoms with Crippen molar-refractivity contribution in [1.82, 2.24) is 20.9 Å². The van der Waals surface area contributed by atoms with Crippen molar-refractivity contribution in [3.8, 4) is 0 Å². The van der Waals surface area contributed by atoms with Crippen LogP contribution in [0.1, 0.15) is 45.1 Å². The monoisotopic (exact) mass is 587 g/mol. The Labute approximate surface area is 243 Å². The molecule has 4 unspecified atom stereocenters. The first-order valence-electron chi connectivity index (χ1n) is 13.6. The molecule has 230 valence electrons. The van der Waals surface area contributed by atoms with E-state index in [0.717, 1.165) is 16.5 Å². The second-order valence-corrected chi connectivity index (χ2v) is 10.4. The number of guanidine groups is 1. The maximum absolute atomic E-state index is 13.2. The van der Waals surface area contributed by atoms with Crippen LogP contribution in [0.5, 0.6) is 0 Å². The Morgan fingerprint density at radius 2 is 1.55 bits per heavy atom. The molecule has 1 heterocycles. The van der Waals surface area contributed by atoms with Gasteiger partial charge in [0.15, 0.2) is 5.96 Å². The summed E-state index contributed by atoms with van der Waals surface area (Å²) >= 11 is 0. The Kier molecular flexibility index (Phi) is 12.7. The Morgan fingerprint density at radius 1 is 0.929 bits per heavy atom. The molecule has 2 aromatic rings. The van der Waals surface area contributed by atoms with Gasteiger partial charge in [-0.3, -0.25) is 24.2 Å². The van der Waals surface area contributed by atoms with Gasteiger partial charge >= 0.3 is 5.97 Å². The smallest absolute Gasteiger partial charge is 0.326 e. The number of hydrogen-bond donors (Lipinski definition) is 9. The molecule has 0 saturated carbocycles. The Bertz CT molecular complexity index is 1290. The summed E-state index contributed by atoms with van der Waals surface area (Å²) in [4.78, 5) is 69.7. The van der Waals surface area contributed by atoms with E-state index in [-0.39, 0.29) is 44.1 Å². The van der Waals surface area contributed by atoms with Gasteiger partial charge in [0.2, 0.25) is 23.6 Å². The van der Waals surface area contributed by atoms with E-state index in [9.17, 15) is 29.1 Å². The number of nitrogens with zero attached hydrogens (tertiary/aromatic N) is 1. The van der Waals surface area contributed by atoms with Crippen molar-refractivity contribution in [2.24, 2.45) is 33.8 Å². The normalized spacial score (nSPS) is 13.9. The highest BCUT2D eigenvalue weighted by atomic mass is 16.4. The molecule has 15 heteroatoms. The van der Waals surface area contributed by atoms with E-state index in [0.29, 0.717) is 0 Å². The molecule has 2 rings (SSSR count). The number of carboxylic acids is 1. The molecule has 1 aromatic heterocycles. The molecule has 4 amide bonds. The number of carboxylic acid groups (broad SMARTS) is 1. The molecule has 1 aromatic carbocycles. The second-order valence-electron chi connectivity index (χ2n) is 10.4. The first kappa shape index (κ1) is 33.5. The van der Waals surface area contributed by atoms with Gasteiger partial charge in [-0.1, -0.05) is 32.0 Å². The molecule has 42 heavy (non-hydrogen) atoms. The molecule has 0 aliphatic rings. The third-order valence-electron chi connectivity index (χ3n) is 6.39. The molecule has 0 radical (unpaired) electrons. The lowest BCUT2D eigenvalue weighted by atomic mass is 10.0. The first-order valence-corrected chi connectivity index (χ1v) is 13.6. The number of carbonyl (C=O) groups is 5. The number of aromatic amines is 1. The average molecular weight is 588 g/mol. The minimum Gasteiger partial charge on any atom is -0.480 e. The molecule has 13 N–H and O–H groups in total. The molecule has 0 spiro atoms. The van der Waals surface area contributed by atoms with Crippen LogP contribution in [0.4, 0.5) is 0 Å². The Hall–Kier alpha value is -4.66. The van der Waals surface area contributed by atoms with Gasteiger partial charge in [-0.25, -0.2) is 4.79 Å². The number of amides is 4. The Balaban J connectivity index is 2.17. The molecule has 0 aliphatic heterocycles. The third-order valence-corrected chi connectivity index (χ3v) is 6.39. The fraction of sp³-hybridized carbons (Fsp3) is 0.481. The van der Waals surface area contributed by atoms with Crippen LogP contribution in [-0.4, -0.2) is 76.4 Å². The number of hydrogen-bond acceptors (Lipinski definition) is 7. The number of fused-ring (bicyclic) bond motifs is 1. The van der Waals surface area contributed by atoms with Crippen LogP contribution >= 0.6 is 0 Å². The number of benzene rings is 1. The predicted octanol–water partition coefficient (Wildman–Crippen LogP) is -1.45. The molecule has 0 aliphatic carbocycles. The van der Waals surface area contributed by atoms with Gasteiger partial charge in [-0.15, -0.1) is 0 Å². The third kappa shape index (κ3) is 10.7. The predicted molar refractivity (Wildman–Crippen MR) is 157 cm³/mol. The fourth-order valence-corrected chi connectivity index (χ4v) is 4.33. The van der Waals surface area contributed by atoms with E-state index in [1.54, 1.807) is 20.0 Å². The Morgan fingerprint density at radius 3 is 2.17 bits per heavy atom. The molecule has 0 fully saturated rings. The lowest BCUT2D eigenvalue weighted by Crippen LogP contribution is -2.58. The minimum absolute atomic E-state index is 0.0275. The van der Waals surface area contributed by atoms with Crippen LogP contribution in [0, 0.1) is 5.92 Å². The van der Waals surface area contributed by atoms with Crippen LogP contribution in [-0.2, 0) is 30.4 Å². The zero-order valence-electron chi connectivity index (χ0n) is 23.8. The van der Waals surface area contributed by atoms with E-state index in [2.05, 4.69) is 25.9 Å². The van der Waals surface area contributed by atoms with Crippen molar-refractivity contribution < 1.29 is 29.1 Å². The van der Waals surface area contributed by atoms with Gasteiger partial charge in [0.25, 0.3) is 0 Å². The molecule has 0 saturated heterocycles. The van der Waals surface area contributed by atoms with E-state index in [1.165, 1.54) is 0 Å². The topological polar surface area (TPSA) is 274 Å². The van der Waals surface area contributed by atoms with Crippen LogP contribution in [0.15, 0.2) is 35.5 Å². The van der Waals surface area contributed by atoms with Crippen LogP contribution in [0.3, 0.4) is 0 Å². The number of aromatic nitrogens is 1. The summed E-state index contributed by atoms with van der Waals surface area (Å²) in [7, 11) is 0. The van der Waals surface area contributed by atoms with Crippen molar-refractivity contribution in [3.63, 3.8) is 0 Å². The van der Waals surface area contributed by atoms with Gasteiger partial charge in [0.1, 0.15) is 18.1 Å². The molecule has 15 nitrogen and oxygen atoms in total.